The summed E-state index contributed by atoms with van der Waals surface area (Å²) in [6.07, 6.45) is 2.57. The standard InChI is InChI=1S/C11H17N3O2/c1-4-9(3)16-7-10(15)14-11-12-6-5-8(2)13-11/h5-6,9H,4,7H2,1-3H3,(H,12,13,14,15)/t9-/m1/s1. The molecule has 0 aliphatic heterocycles. The molecular weight excluding hydrogens is 206 g/mol. The molecule has 0 aliphatic carbocycles. The summed E-state index contributed by atoms with van der Waals surface area (Å²) in [4.78, 5) is 19.4. The summed E-state index contributed by atoms with van der Waals surface area (Å²) in [5.74, 6) is 0.0867. The van der Waals surface area contributed by atoms with E-state index in [1.165, 1.54) is 0 Å². The lowest BCUT2D eigenvalue weighted by Crippen LogP contribution is -2.22. The van der Waals surface area contributed by atoms with Crippen LogP contribution in [0.3, 0.4) is 0 Å². The average molecular weight is 223 g/mol. The molecule has 5 heteroatoms. The summed E-state index contributed by atoms with van der Waals surface area (Å²) in [5, 5.41) is 2.58. The molecule has 1 aromatic rings. The monoisotopic (exact) mass is 223 g/mol. The number of amides is 1. The fourth-order valence-electron chi connectivity index (χ4n) is 1.01. The van der Waals surface area contributed by atoms with Gasteiger partial charge in [-0.2, -0.15) is 0 Å². The Labute approximate surface area is 95.3 Å². The third kappa shape index (κ3) is 4.35. The van der Waals surface area contributed by atoms with Gasteiger partial charge in [0, 0.05) is 11.9 Å². The Balaban J connectivity index is 2.40. The van der Waals surface area contributed by atoms with Gasteiger partial charge in [-0.25, -0.2) is 9.97 Å². The fraction of sp³-hybridized carbons (Fsp3) is 0.545. The van der Waals surface area contributed by atoms with Crippen molar-refractivity contribution in [3.05, 3.63) is 18.0 Å². The Morgan fingerprint density at radius 1 is 1.62 bits per heavy atom. The van der Waals surface area contributed by atoms with Gasteiger partial charge in [-0.05, 0) is 26.3 Å². The lowest BCUT2D eigenvalue weighted by Gasteiger charge is -2.09. The summed E-state index contributed by atoms with van der Waals surface area (Å²) >= 11 is 0. The van der Waals surface area contributed by atoms with Crippen LogP contribution < -0.4 is 5.32 Å². The molecule has 88 valence electrons. The van der Waals surface area contributed by atoms with Crippen molar-refractivity contribution in [3.8, 4) is 0 Å². The number of nitrogens with one attached hydrogen (secondary N) is 1. The van der Waals surface area contributed by atoms with Crippen LogP contribution in [0.1, 0.15) is 26.0 Å². The Kier molecular flexibility index (Phi) is 4.85. The summed E-state index contributed by atoms with van der Waals surface area (Å²) in [7, 11) is 0. The van der Waals surface area contributed by atoms with Gasteiger partial charge in [-0.3, -0.25) is 10.1 Å². The maximum absolute atomic E-state index is 11.4. The Bertz CT molecular complexity index is 355. The minimum absolute atomic E-state index is 0.0340. The van der Waals surface area contributed by atoms with Crippen molar-refractivity contribution in [3.63, 3.8) is 0 Å². The van der Waals surface area contributed by atoms with Gasteiger partial charge in [0.15, 0.2) is 0 Å². The predicted octanol–water partition coefficient (Wildman–Crippen LogP) is 1.54. The predicted molar refractivity (Wildman–Crippen MR) is 61.1 cm³/mol. The van der Waals surface area contributed by atoms with Crippen LogP contribution in [0.5, 0.6) is 0 Å². The van der Waals surface area contributed by atoms with E-state index in [2.05, 4.69) is 15.3 Å². The van der Waals surface area contributed by atoms with Crippen molar-refractivity contribution in [2.24, 2.45) is 0 Å². The number of anilines is 1. The number of rotatable bonds is 5. The molecule has 1 atom stereocenters. The zero-order chi connectivity index (χ0) is 12.0. The van der Waals surface area contributed by atoms with Gasteiger partial charge < -0.3 is 4.74 Å². The van der Waals surface area contributed by atoms with Crippen LogP contribution >= 0.6 is 0 Å². The molecule has 1 rings (SSSR count). The minimum atomic E-state index is -0.231. The maximum atomic E-state index is 11.4. The first-order valence-electron chi connectivity index (χ1n) is 5.33. The van der Waals surface area contributed by atoms with E-state index in [0.29, 0.717) is 5.95 Å². The first kappa shape index (κ1) is 12.6. The van der Waals surface area contributed by atoms with E-state index in [-0.39, 0.29) is 18.6 Å². The molecule has 1 aromatic heterocycles. The van der Waals surface area contributed by atoms with E-state index >= 15 is 0 Å². The molecule has 0 spiro atoms. The Hall–Kier alpha value is -1.49. The second-order valence-corrected chi connectivity index (χ2v) is 3.60. The highest BCUT2D eigenvalue weighted by molar-refractivity contribution is 5.89. The topological polar surface area (TPSA) is 64.1 Å². The van der Waals surface area contributed by atoms with Crippen LogP contribution in [-0.2, 0) is 9.53 Å². The molecule has 1 N–H and O–H groups in total. The smallest absolute Gasteiger partial charge is 0.252 e. The van der Waals surface area contributed by atoms with Crippen LogP contribution in [0.4, 0.5) is 5.95 Å². The highest BCUT2D eigenvalue weighted by Crippen LogP contribution is 2.00. The number of aromatic nitrogens is 2. The van der Waals surface area contributed by atoms with E-state index in [1.807, 2.05) is 20.8 Å². The Morgan fingerprint density at radius 2 is 2.38 bits per heavy atom. The van der Waals surface area contributed by atoms with E-state index < -0.39 is 0 Å². The molecule has 0 saturated carbocycles. The molecule has 0 unspecified atom stereocenters. The van der Waals surface area contributed by atoms with E-state index in [1.54, 1.807) is 12.3 Å². The second-order valence-electron chi connectivity index (χ2n) is 3.60. The normalized spacial score (nSPS) is 12.2. The number of hydrogen-bond acceptors (Lipinski definition) is 4. The third-order valence-corrected chi connectivity index (χ3v) is 2.12. The van der Waals surface area contributed by atoms with Crippen LogP contribution in [-0.4, -0.2) is 28.6 Å². The van der Waals surface area contributed by atoms with Gasteiger partial charge in [0.2, 0.25) is 5.95 Å². The largest absolute Gasteiger partial charge is 0.369 e. The molecule has 5 nitrogen and oxygen atoms in total. The number of carbonyl (C=O) groups is 1. The number of nitrogens with zero attached hydrogens (tertiary/aromatic N) is 2. The van der Waals surface area contributed by atoms with Crippen LogP contribution in [0.2, 0.25) is 0 Å². The quantitative estimate of drug-likeness (QED) is 0.822. The molecule has 0 radical (unpaired) electrons. The SMILES string of the molecule is CC[C@@H](C)OCC(=O)Nc1nccc(C)n1. The third-order valence-electron chi connectivity index (χ3n) is 2.12. The van der Waals surface area contributed by atoms with Gasteiger partial charge in [0.05, 0.1) is 6.10 Å². The van der Waals surface area contributed by atoms with Gasteiger partial charge >= 0.3 is 0 Å². The van der Waals surface area contributed by atoms with Gasteiger partial charge in [0.1, 0.15) is 6.61 Å². The molecule has 0 aromatic carbocycles. The van der Waals surface area contributed by atoms with Gasteiger partial charge in [-0.1, -0.05) is 6.92 Å². The molecule has 0 fully saturated rings. The van der Waals surface area contributed by atoms with Crippen LogP contribution in [0.15, 0.2) is 12.3 Å². The minimum Gasteiger partial charge on any atom is -0.369 e. The summed E-state index contributed by atoms with van der Waals surface area (Å²) in [6.45, 7) is 5.81. The molecule has 16 heavy (non-hydrogen) atoms. The number of carbonyl (C=O) groups excluding carboxylic acids is 1. The summed E-state index contributed by atoms with van der Waals surface area (Å²) in [6, 6.07) is 1.77. The summed E-state index contributed by atoms with van der Waals surface area (Å²) < 4.78 is 5.29. The lowest BCUT2D eigenvalue weighted by molar-refractivity contribution is -0.122. The van der Waals surface area contributed by atoms with Gasteiger partial charge in [-0.15, -0.1) is 0 Å². The van der Waals surface area contributed by atoms with Crippen LogP contribution in [0, 0.1) is 6.92 Å². The average Bonchev–Trinajstić information content (AvgIpc) is 2.26. The second kappa shape index (κ2) is 6.17. The first-order chi connectivity index (χ1) is 7.61. The highest BCUT2D eigenvalue weighted by atomic mass is 16.5. The molecular formula is C11H17N3O2. The van der Waals surface area contributed by atoms with Crippen molar-refractivity contribution >= 4 is 11.9 Å². The number of aryl methyl sites for hydroxylation is 1. The first-order valence-corrected chi connectivity index (χ1v) is 5.33. The number of ether oxygens (including phenoxy) is 1. The van der Waals surface area contributed by atoms with E-state index in [0.717, 1.165) is 12.1 Å². The molecule has 1 amide bonds. The summed E-state index contributed by atoms with van der Waals surface area (Å²) in [5.41, 5.74) is 0.813. The zero-order valence-corrected chi connectivity index (χ0v) is 9.86. The van der Waals surface area contributed by atoms with Crippen molar-refractivity contribution in [1.82, 2.24) is 9.97 Å². The lowest BCUT2D eigenvalue weighted by atomic mass is 10.3. The fourth-order valence-corrected chi connectivity index (χ4v) is 1.01. The van der Waals surface area contributed by atoms with Crippen molar-refractivity contribution in [2.75, 3.05) is 11.9 Å². The van der Waals surface area contributed by atoms with E-state index in [4.69, 9.17) is 4.74 Å². The van der Waals surface area contributed by atoms with Gasteiger partial charge in [0.25, 0.3) is 5.91 Å². The van der Waals surface area contributed by atoms with Crippen molar-refractivity contribution < 1.29 is 9.53 Å². The molecule has 0 saturated heterocycles. The van der Waals surface area contributed by atoms with E-state index in [9.17, 15) is 4.79 Å². The molecule has 1 heterocycles. The van der Waals surface area contributed by atoms with Crippen molar-refractivity contribution in [2.45, 2.75) is 33.3 Å². The molecule has 0 aliphatic rings. The molecule has 0 bridgehead atoms. The highest BCUT2D eigenvalue weighted by Gasteiger charge is 2.06. The van der Waals surface area contributed by atoms with Crippen molar-refractivity contribution in [1.29, 1.82) is 0 Å². The zero-order valence-electron chi connectivity index (χ0n) is 9.86. The maximum Gasteiger partial charge on any atom is 0.252 e. The van der Waals surface area contributed by atoms with Crippen LogP contribution in [0.25, 0.3) is 0 Å². The Morgan fingerprint density at radius 3 is 3.00 bits per heavy atom. The number of hydrogen-bond donors (Lipinski definition) is 1.